The highest BCUT2D eigenvalue weighted by atomic mass is 32.1. The minimum absolute atomic E-state index is 0.170. The molecule has 126 valence electrons. The van der Waals surface area contributed by atoms with Crippen molar-refractivity contribution in [3.63, 3.8) is 0 Å². The lowest BCUT2D eigenvalue weighted by Gasteiger charge is -2.20. The Hall–Kier alpha value is -2.54. The highest BCUT2D eigenvalue weighted by molar-refractivity contribution is 7.82. The van der Waals surface area contributed by atoms with Gasteiger partial charge in [0.25, 0.3) is 0 Å². The van der Waals surface area contributed by atoms with Crippen molar-refractivity contribution < 1.29 is 14.0 Å². The summed E-state index contributed by atoms with van der Waals surface area (Å²) < 4.78 is 14.1. The van der Waals surface area contributed by atoms with Crippen molar-refractivity contribution >= 4 is 36.1 Å². The first kappa shape index (κ1) is 17.8. The van der Waals surface area contributed by atoms with Gasteiger partial charge in [0.15, 0.2) is 0 Å². The van der Waals surface area contributed by atoms with Crippen molar-refractivity contribution in [2.45, 2.75) is 19.9 Å². The molecule has 2 rings (SSSR count). The van der Waals surface area contributed by atoms with E-state index in [1.54, 1.807) is 43.3 Å². The zero-order valence-electron chi connectivity index (χ0n) is 13.3. The number of anilines is 2. The van der Waals surface area contributed by atoms with E-state index in [0.29, 0.717) is 11.4 Å². The molecule has 0 aliphatic rings. The van der Waals surface area contributed by atoms with E-state index in [4.69, 9.17) is 0 Å². The highest BCUT2D eigenvalue weighted by Crippen LogP contribution is 2.21. The fraction of sp³-hybridized carbons (Fsp3) is 0.176. The number of nitrogens with one attached hydrogen (secondary N) is 2. The van der Waals surface area contributed by atoms with E-state index >= 15 is 0 Å². The number of thiol groups is 1. The fourth-order valence-electron chi connectivity index (χ4n) is 2.09. The number of urea groups is 1. The number of hydrogen-bond acceptors (Lipinski definition) is 3. The van der Waals surface area contributed by atoms with Gasteiger partial charge in [0.2, 0.25) is 5.91 Å². The van der Waals surface area contributed by atoms with E-state index in [0.717, 1.165) is 9.87 Å². The van der Waals surface area contributed by atoms with Crippen molar-refractivity contribution in [2.75, 3.05) is 9.62 Å². The van der Waals surface area contributed by atoms with Gasteiger partial charge in [0.1, 0.15) is 5.82 Å². The minimum Gasteiger partial charge on any atom is -0.330 e. The average molecular weight is 347 g/mol. The van der Waals surface area contributed by atoms with Crippen LogP contribution < -0.4 is 14.9 Å². The number of carbonyl (C=O) groups is 2. The van der Waals surface area contributed by atoms with E-state index in [9.17, 15) is 14.0 Å². The molecule has 0 aromatic heterocycles. The molecule has 2 aromatic rings. The first-order chi connectivity index (χ1) is 11.4. The molecule has 0 heterocycles. The number of amides is 3. The topological polar surface area (TPSA) is 61.4 Å². The number of rotatable bonds is 4. The van der Waals surface area contributed by atoms with Crippen LogP contribution in [0.3, 0.4) is 0 Å². The van der Waals surface area contributed by atoms with Gasteiger partial charge >= 0.3 is 6.03 Å². The van der Waals surface area contributed by atoms with Crippen molar-refractivity contribution in [1.82, 2.24) is 5.32 Å². The molecule has 0 bridgehead atoms. The maximum Gasteiger partial charge on any atom is 0.332 e. The van der Waals surface area contributed by atoms with E-state index in [1.165, 1.54) is 19.1 Å². The normalized spacial score (nSPS) is 11.5. The van der Waals surface area contributed by atoms with Crippen molar-refractivity contribution in [1.29, 1.82) is 0 Å². The zero-order valence-corrected chi connectivity index (χ0v) is 14.2. The van der Waals surface area contributed by atoms with Crippen molar-refractivity contribution in [3.05, 3.63) is 59.9 Å². The molecule has 0 aliphatic heterocycles. The number of nitrogens with zero attached hydrogens (tertiary/aromatic N) is 1. The second kappa shape index (κ2) is 7.83. The Morgan fingerprint density at radius 1 is 1.08 bits per heavy atom. The SMILES string of the molecule is CC(=O)Nc1ccc(N(S)C(=O)NC(C)c2ccc(F)cc2)cc1. The van der Waals surface area contributed by atoms with Crippen molar-refractivity contribution in [2.24, 2.45) is 0 Å². The van der Waals surface area contributed by atoms with Crippen LogP contribution in [0, 0.1) is 5.82 Å². The maximum atomic E-state index is 12.9. The summed E-state index contributed by atoms with van der Waals surface area (Å²) in [7, 11) is 0. The largest absolute Gasteiger partial charge is 0.332 e. The van der Waals surface area contributed by atoms with Crippen LogP contribution in [0.4, 0.5) is 20.6 Å². The summed E-state index contributed by atoms with van der Waals surface area (Å²) in [6, 6.07) is 11.9. The van der Waals surface area contributed by atoms with Crippen LogP contribution in [-0.4, -0.2) is 11.9 Å². The number of hydrogen-bond donors (Lipinski definition) is 3. The van der Waals surface area contributed by atoms with Gasteiger partial charge in [0, 0.05) is 12.6 Å². The molecule has 5 nitrogen and oxygen atoms in total. The third-order valence-corrected chi connectivity index (χ3v) is 3.75. The molecule has 0 fully saturated rings. The summed E-state index contributed by atoms with van der Waals surface area (Å²) in [5.74, 6) is -0.497. The van der Waals surface area contributed by atoms with Crippen LogP contribution in [0.2, 0.25) is 0 Å². The molecule has 24 heavy (non-hydrogen) atoms. The smallest absolute Gasteiger partial charge is 0.330 e. The maximum absolute atomic E-state index is 12.9. The zero-order chi connectivity index (χ0) is 17.7. The number of benzene rings is 2. The lowest BCUT2D eigenvalue weighted by molar-refractivity contribution is -0.114. The predicted octanol–water partition coefficient (Wildman–Crippen LogP) is 3.91. The molecule has 1 atom stereocenters. The van der Waals surface area contributed by atoms with Gasteiger partial charge in [-0.2, -0.15) is 0 Å². The van der Waals surface area contributed by atoms with E-state index in [1.807, 2.05) is 0 Å². The van der Waals surface area contributed by atoms with Crippen LogP contribution >= 0.6 is 12.8 Å². The first-order valence-electron chi connectivity index (χ1n) is 7.29. The molecule has 0 aliphatic carbocycles. The van der Waals surface area contributed by atoms with Gasteiger partial charge < -0.3 is 10.6 Å². The molecular weight excluding hydrogens is 329 g/mol. The summed E-state index contributed by atoms with van der Waals surface area (Å²) in [6.07, 6.45) is 0. The predicted molar refractivity (Wildman–Crippen MR) is 95.6 cm³/mol. The van der Waals surface area contributed by atoms with Crippen LogP contribution in [0.15, 0.2) is 48.5 Å². The molecule has 2 N–H and O–H groups in total. The van der Waals surface area contributed by atoms with Crippen LogP contribution in [0.25, 0.3) is 0 Å². The molecule has 0 radical (unpaired) electrons. The Bertz CT molecular complexity index is 720. The molecule has 3 amide bonds. The summed E-state index contributed by atoms with van der Waals surface area (Å²) in [5.41, 5.74) is 1.97. The fourth-order valence-corrected chi connectivity index (χ4v) is 2.28. The summed E-state index contributed by atoms with van der Waals surface area (Å²) in [6.45, 7) is 3.22. The summed E-state index contributed by atoms with van der Waals surface area (Å²) in [5, 5.41) is 5.42. The van der Waals surface area contributed by atoms with Gasteiger partial charge in [-0.1, -0.05) is 24.9 Å². The number of halogens is 1. The quantitative estimate of drug-likeness (QED) is 0.735. The minimum atomic E-state index is -0.414. The Kier molecular flexibility index (Phi) is 5.81. The van der Waals surface area contributed by atoms with Crippen LogP contribution in [0.5, 0.6) is 0 Å². The molecule has 0 spiro atoms. The summed E-state index contributed by atoms with van der Waals surface area (Å²) in [4.78, 5) is 23.2. The second-order valence-electron chi connectivity index (χ2n) is 5.26. The van der Waals surface area contributed by atoms with Gasteiger partial charge in [-0.05, 0) is 48.9 Å². The Morgan fingerprint density at radius 2 is 1.67 bits per heavy atom. The lowest BCUT2D eigenvalue weighted by atomic mass is 10.1. The third-order valence-electron chi connectivity index (χ3n) is 3.33. The Morgan fingerprint density at radius 3 is 2.21 bits per heavy atom. The lowest BCUT2D eigenvalue weighted by Crippen LogP contribution is -2.35. The number of carbonyl (C=O) groups excluding carboxylic acids is 2. The van der Waals surface area contributed by atoms with E-state index in [2.05, 4.69) is 23.4 Å². The molecule has 2 aromatic carbocycles. The molecule has 0 saturated carbocycles. The molecule has 1 unspecified atom stereocenters. The van der Waals surface area contributed by atoms with Gasteiger partial charge in [0.05, 0.1) is 11.7 Å². The molecule has 7 heteroatoms. The van der Waals surface area contributed by atoms with Crippen LogP contribution in [-0.2, 0) is 4.79 Å². The van der Waals surface area contributed by atoms with E-state index < -0.39 is 6.03 Å². The Labute approximate surface area is 145 Å². The standard InChI is InChI=1S/C17H18FN3O2S/c1-11(13-3-5-14(18)6-4-13)19-17(23)21(24)16-9-7-15(8-10-16)20-12(2)22/h3-11,24H,1-2H3,(H,19,23)(H,20,22). The third kappa shape index (κ3) is 4.73. The first-order valence-corrected chi connectivity index (χ1v) is 7.69. The average Bonchev–Trinajstić information content (AvgIpc) is 2.54. The molecule has 0 saturated heterocycles. The van der Waals surface area contributed by atoms with Crippen molar-refractivity contribution in [3.8, 4) is 0 Å². The summed E-state index contributed by atoms with van der Waals surface area (Å²) >= 11 is 4.20. The van der Waals surface area contributed by atoms with Gasteiger partial charge in [-0.3, -0.25) is 4.79 Å². The van der Waals surface area contributed by atoms with Crippen LogP contribution in [0.1, 0.15) is 25.5 Å². The van der Waals surface area contributed by atoms with Gasteiger partial charge in [-0.25, -0.2) is 13.5 Å². The Balaban J connectivity index is 2.00. The second-order valence-corrected chi connectivity index (χ2v) is 5.66. The molecular formula is C17H18FN3O2S. The van der Waals surface area contributed by atoms with E-state index in [-0.39, 0.29) is 17.8 Å². The monoisotopic (exact) mass is 347 g/mol. The highest BCUT2D eigenvalue weighted by Gasteiger charge is 2.15. The van der Waals surface area contributed by atoms with Gasteiger partial charge in [-0.15, -0.1) is 0 Å².